The topological polar surface area (TPSA) is 74.6 Å². The number of phenolic OH excluding ortho intramolecular Hbond substituents is 1. The molecule has 0 amide bonds. The summed E-state index contributed by atoms with van der Waals surface area (Å²) in [5.74, 6) is 0.232. The normalized spacial score (nSPS) is 12.0. The summed E-state index contributed by atoms with van der Waals surface area (Å²) in [5, 5.41) is 11.6. The van der Waals surface area contributed by atoms with Crippen LogP contribution < -0.4 is 0 Å². The Labute approximate surface area is 134 Å². The van der Waals surface area contributed by atoms with Gasteiger partial charge in [0.1, 0.15) is 5.75 Å². The molecular formula is C18H14O4S. The lowest BCUT2D eigenvalue weighted by atomic mass is 10.0. The molecule has 0 saturated carbocycles. The summed E-state index contributed by atoms with van der Waals surface area (Å²) in [5.41, 5.74) is 1.74. The number of aromatic hydroxyl groups is 1. The summed E-state index contributed by atoms with van der Waals surface area (Å²) in [6, 6.07) is 16.9. The maximum absolute atomic E-state index is 11.0. The largest absolute Gasteiger partial charge is 0.507 e. The molecule has 2 N–H and O–H groups in total. The van der Waals surface area contributed by atoms with Gasteiger partial charge in [0.25, 0.3) is 10.1 Å². The smallest absolute Gasteiger partial charge is 0.294 e. The highest BCUT2D eigenvalue weighted by molar-refractivity contribution is 7.85. The minimum Gasteiger partial charge on any atom is -0.507 e. The van der Waals surface area contributed by atoms with Gasteiger partial charge in [0.05, 0.1) is 4.90 Å². The summed E-state index contributed by atoms with van der Waals surface area (Å²) in [7, 11) is -4.17. The van der Waals surface area contributed by atoms with Gasteiger partial charge in [-0.25, -0.2) is 0 Å². The quantitative estimate of drug-likeness (QED) is 0.564. The van der Waals surface area contributed by atoms with E-state index in [1.54, 1.807) is 18.2 Å². The first-order valence-electron chi connectivity index (χ1n) is 6.91. The fourth-order valence-electron chi connectivity index (χ4n) is 2.39. The van der Waals surface area contributed by atoms with Crippen molar-refractivity contribution in [2.24, 2.45) is 0 Å². The molecule has 0 radical (unpaired) electrons. The number of hydrogen-bond acceptors (Lipinski definition) is 3. The van der Waals surface area contributed by atoms with Gasteiger partial charge in [0, 0.05) is 5.39 Å². The van der Waals surface area contributed by atoms with Crippen molar-refractivity contribution < 1.29 is 18.1 Å². The van der Waals surface area contributed by atoms with Crippen LogP contribution in [0.15, 0.2) is 65.6 Å². The van der Waals surface area contributed by atoms with E-state index >= 15 is 0 Å². The monoisotopic (exact) mass is 326 g/mol. The van der Waals surface area contributed by atoms with Crippen molar-refractivity contribution in [3.63, 3.8) is 0 Å². The van der Waals surface area contributed by atoms with Crippen LogP contribution in [0.4, 0.5) is 0 Å². The van der Waals surface area contributed by atoms with E-state index in [-0.39, 0.29) is 10.6 Å². The van der Waals surface area contributed by atoms with E-state index < -0.39 is 10.1 Å². The van der Waals surface area contributed by atoms with Gasteiger partial charge in [-0.05, 0) is 34.7 Å². The zero-order valence-electron chi connectivity index (χ0n) is 12.0. The molecule has 3 aromatic rings. The number of fused-ring (bicyclic) bond motifs is 1. The van der Waals surface area contributed by atoms with Gasteiger partial charge in [-0.2, -0.15) is 8.42 Å². The van der Waals surface area contributed by atoms with E-state index in [2.05, 4.69) is 0 Å². The fraction of sp³-hybridized carbons (Fsp3) is 0. The third kappa shape index (κ3) is 3.26. The van der Waals surface area contributed by atoms with Crippen molar-refractivity contribution in [3.05, 3.63) is 71.8 Å². The lowest BCUT2D eigenvalue weighted by Gasteiger charge is -2.04. The molecule has 0 saturated heterocycles. The molecule has 23 heavy (non-hydrogen) atoms. The van der Waals surface area contributed by atoms with E-state index in [9.17, 15) is 13.5 Å². The van der Waals surface area contributed by atoms with E-state index in [4.69, 9.17) is 4.55 Å². The summed E-state index contributed by atoms with van der Waals surface area (Å²) in [4.78, 5) is -0.135. The van der Waals surface area contributed by atoms with Crippen molar-refractivity contribution in [1.29, 1.82) is 0 Å². The molecule has 3 aromatic carbocycles. The maximum Gasteiger partial charge on any atom is 0.294 e. The third-order valence-corrected chi connectivity index (χ3v) is 4.44. The maximum atomic E-state index is 11.0. The molecule has 0 fully saturated rings. The summed E-state index contributed by atoms with van der Waals surface area (Å²) < 4.78 is 31.0. The van der Waals surface area contributed by atoms with Crippen molar-refractivity contribution in [2.75, 3.05) is 0 Å². The molecule has 5 heteroatoms. The minimum absolute atomic E-state index is 0.135. The van der Waals surface area contributed by atoms with Crippen LogP contribution in [-0.2, 0) is 10.1 Å². The van der Waals surface area contributed by atoms with E-state index in [0.29, 0.717) is 0 Å². The van der Waals surface area contributed by atoms with Crippen LogP contribution >= 0.6 is 0 Å². The van der Waals surface area contributed by atoms with Crippen LogP contribution in [0, 0.1) is 0 Å². The van der Waals surface area contributed by atoms with Crippen LogP contribution in [-0.4, -0.2) is 18.1 Å². The predicted octanol–water partition coefficient (Wildman–Crippen LogP) is 3.96. The van der Waals surface area contributed by atoms with Crippen LogP contribution in [0.1, 0.15) is 11.1 Å². The Hall–Kier alpha value is -2.63. The first kappa shape index (κ1) is 15.3. The standard InChI is InChI=1S/C18H14O4S/c19-18-12-9-14(16-3-1-2-4-17(16)18)8-5-13-6-10-15(11-7-13)23(20,21)22/h1-12,19H,(H,20,21,22)/b8-5+. The third-order valence-electron chi connectivity index (χ3n) is 3.57. The highest BCUT2D eigenvalue weighted by Crippen LogP contribution is 2.28. The van der Waals surface area contributed by atoms with Crippen LogP contribution in [0.3, 0.4) is 0 Å². The Morgan fingerprint density at radius 2 is 1.43 bits per heavy atom. The van der Waals surface area contributed by atoms with Crippen LogP contribution in [0.2, 0.25) is 0 Å². The second kappa shape index (κ2) is 5.87. The highest BCUT2D eigenvalue weighted by atomic mass is 32.2. The molecule has 4 nitrogen and oxygen atoms in total. The van der Waals surface area contributed by atoms with Crippen molar-refractivity contribution in [1.82, 2.24) is 0 Å². The number of rotatable bonds is 3. The molecule has 3 rings (SSSR count). The first-order chi connectivity index (χ1) is 10.9. The van der Waals surface area contributed by atoms with Crippen molar-refractivity contribution in [3.8, 4) is 5.75 Å². The molecule has 0 aromatic heterocycles. The van der Waals surface area contributed by atoms with Gasteiger partial charge in [0.15, 0.2) is 0 Å². The zero-order chi connectivity index (χ0) is 16.4. The Morgan fingerprint density at radius 3 is 2.09 bits per heavy atom. The number of phenols is 1. The molecule has 0 bridgehead atoms. The average Bonchev–Trinajstić information content (AvgIpc) is 2.54. The van der Waals surface area contributed by atoms with E-state index in [0.717, 1.165) is 21.9 Å². The van der Waals surface area contributed by atoms with Crippen molar-refractivity contribution >= 4 is 33.0 Å². The second-order valence-electron chi connectivity index (χ2n) is 5.10. The van der Waals surface area contributed by atoms with Gasteiger partial charge < -0.3 is 5.11 Å². The molecule has 0 heterocycles. The van der Waals surface area contributed by atoms with Gasteiger partial charge in [-0.15, -0.1) is 0 Å². The fourth-order valence-corrected chi connectivity index (χ4v) is 2.87. The number of benzene rings is 3. The molecule has 0 aliphatic heterocycles. The number of hydrogen-bond donors (Lipinski definition) is 2. The predicted molar refractivity (Wildman–Crippen MR) is 90.8 cm³/mol. The van der Waals surface area contributed by atoms with Gasteiger partial charge in [-0.3, -0.25) is 4.55 Å². The summed E-state index contributed by atoms with van der Waals surface area (Å²) in [6.07, 6.45) is 3.73. The van der Waals surface area contributed by atoms with Gasteiger partial charge in [-0.1, -0.05) is 54.6 Å². The van der Waals surface area contributed by atoms with Crippen molar-refractivity contribution in [2.45, 2.75) is 4.90 Å². The highest BCUT2D eigenvalue weighted by Gasteiger charge is 2.07. The lowest BCUT2D eigenvalue weighted by molar-refractivity contribution is 0.481. The summed E-state index contributed by atoms with van der Waals surface area (Å²) >= 11 is 0. The molecule has 116 valence electrons. The molecule has 0 spiro atoms. The Balaban J connectivity index is 1.96. The average molecular weight is 326 g/mol. The zero-order valence-corrected chi connectivity index (χ0v) is 12.9. The van der Waals surface area contributed by atoms with Gasteiger partial charge >= 0.3 is 0 Å². The molecule has 0 atom stereocenters. The lowest BCUT2D eigenvalue weighted by Crippen LogP contribution is -1.97. The Kier molecular flexibility index (Phi) is 3.90. The first-order valence-corrected chi connectivity index (χ1v) is 8.35. The minimum atomic E-state index is -4.17. The Bertz CT molecular complexity index is 987. The van der Waals surface area contributed by atoms with Gasteiger partial charge in [0.2, 0.25) is 0 Å². The molecule has 0 aliphatic carbocycles. The van der Waals surface area contributed by atoms with E-state index in [1.807, 2.05) is 42.5 Å². The van der Waals surface area contributed by atoms with E-state index in [1.165, 1.54) is 12.1 Å². The second-order valence-corrected chi connectivity index (χ2v) is 6.52. The Morgan fingerprint density at radius 1 is 0.783 bits per heavy atom. The van der Waals surface area contributed by atoms with Crippen LogP contribution in [0.5, 0.6) is 5.75 Å². The molecular weight excluding hydrogens is 312 g/mol. The summed E-state index contributed by atoms with van der Waals surface area (Å²) in [6.45, 7) is 0. The molecule has 0 aliphatic rings. The molecule has 0 unspecified atom stereocenters. The van der Waals surface area contributed by atoms with Crippen LogP contribution in [0.25, 0.3) is 22.9 Å². The SMILES string of the molecule is O=S(=O)(O)c1ccc(/C=C/c2ccc(O)c3ccccc23)cc1.